The molecule has 4 fully saturated rings. The highest BCUT2D eigenvalue weighted by atomic mass is 32.2. The lowest BCUT2D eigenvalue weighted by Crippen LogP contribution is -2.62. The fraction of sp³-hybridized carbons (Fsp3) is 0.857. The number of fused-ring (bicyclic) bond motifs is 2. The molecule has 1 aliphatic carbocycles. The molecule has 0 aromatic rings. The van der Waals surface area contributed by atoms with E-state index in [4.69, 9.17) is 4.74 Å². The molecular weight excluding hydrogens is 330 g/mol. The van der Waals surface area contributed by atoms with E-state index in [1.54, 1.807) is 0 Å². The van der Waals surface area contributed by atoms with Gasteiger partial charge in [0, 0.05) is 17.4 Å². The van der Waals surface area contributed by atoms with Gasteiger partial charge in [-0.3, -0.25) is 4.90 Å². The number of esters is 1. The van der Waals surface area contributed by atoms with E-state index in [0.717, 1.165) is 12.8 Å². The summed E-state index contributed by atoms with van der Waals surface area (Å²) in [5.41, 5.74) is 1.07. The molecule has 0 radical (unpaired) electrons. The number of hydrogen-bond donors (Lipinski definition) is 0. The van der Waals surface area contributed by atoms with Gasteiger partial charge in [0.15, 0.2) is 0 Å². The van der Waals surface area contributed by atoms with Crippen LogP contribution in [0, 0.1) is 0 Å². The number of carbonyl (C=O) groups excluding carboxylic acids is 1. The summed E-state index contributed by atoms with van der Waals surface area (Å²) in [7, 11) is 0. The average molecular weight is 364 g/mol. The highest BCUT2D eigenvalue weighted by Crippen LogP contribution is 2.53. The molecule has 3 saturated heterocycles. The third kappa shape index (κ3) is 3.29. The van der Waals surface area contributed by atoms with Crippen molar-refractivity contribution in [1.82, 2.24) is 4.90 Å². The van der Waals surface area contributed by atoms with Crippen LogP contribution in [0.3, 0.4) is 0 Å². The van der Waals surface area contributed by atoms with E-state index in [0.29, 0.717) is 17.3 Å². The van der Waals surface area contributed by atoms with E-state index >= 15 is 0 Å². The quantitative estimate of drug-likeness (QED) is 0.484. The Bertz CT molecular complexity index is 534. The summed E-state index contributed by atoms with van der Waals surface area (Å²) in [5.74, 6) is 1.20. The first-order valence-electron chi connectivity index (χ1n) is 10.6. The second-order valence-corrected chi connectivity index (χ2v) is 9.71. The summed E-state index contributed by atoms with van der Waals surface area (Å²) in [6, 6.07) is 1.15. The molecule has 3 nitrogen and oxygen atoms in total. The van der Waals surface area contributed by atoms with Gasteiger partial charge in [-0.15, -0.1) is 0 Å². The number of hydrogen-bond acceptors (Lipinski definition) is 4. The summed E-state index contributed by atoms with van der Waals surface area (Å²) in [5, 5.41) is 0.650. The maximum Gasteiger partial charge on any atom is 0.331 e. The summed E-state index contributed by atoms with van der Waals surface area (Å²) in [6.07, 6.45) is 15.8. The normalized spacial score (nSPS) is 37.2. The van der Waals surface area contributed by atoms with E-state index in [2.05, 4.69) is 23.6 Å². The van der Waals surface area contributed by atoms with E-state index in [1.807, 2.05) is 6.08 Å². The Morgan fingerprint density at radius 3 is 3.00 bits per heavy atom. The molecule has 4 aliphatic heterocycles. The fourth-order valence-corrected chi connectivity index (χ4v) is 7.16. The minimum absolute atomic E-state index is 0.0795. The summed E-state index contributed by atoms with van der Waals surface area (Å²) in [6.45, 7) is 3.48. The van der Waals surface area contributed by atoms with Gasteiger partial charge < -0.3 is 4.74 Å². The lowest BCUT2D eigenvalue weighted by atomic mass is 9.76. The number of nitrogens with zero attached hydrogens (tertiary/aromatic N) is 1. The van der Waals surface area contributed by atoms with Gasteiger partial charge in [-0.05, 0) is 56.4 Å². The smallest absolute Gasteiger partial charge is 0.331 e. The lowest BCUT2D eigenvalue weighted by Gasteiger charge is -2.52. The van der Waals surface area contributed by atoms with Crippen molar-refractivity contribution in [2.45, 2.75) is 100 Å². The standard InChI is InChI=1S/C21H33NO2S/c1-2-3-4-5-8-13-25-18-14-16-15-20(23)24-21(16)11-10-17(18)22-12-7-6-9-19(21)22/h15,17-19H,2-14H2,1H3/t17-,18?,19+,21-/m0/s1. The van der Waals surface area contributed by atoms with Gasteiger partial charge in [0.05, 0.1) is 6.04 Å². The Morgan fingerprint density at radius 1 is 1.24 bits per heavy atom. The zero-order valence-corrected chi connectivity index (χ0v) is 16.5. The third-order valence-electron chi connectivity index (χ3n) is 6.87. The van der Waals surface area contributed by atoms with E-state index < -0.39 is 0 Å². The van der Waals surface area contributed by atoms with Crippen LogP contribution in [0.2, 0.25) is 0 Å². The maximum absolute atomic E-state index is 12.1. The molecule has 1 saturated carbocycles. The van der Waals surface area contributed by atoms with Gasteiger partial charge in [0.25, 0.3) is 0 Å². The van der Waals surface area contributed by atoms with Crippen LogP contribution in [-0.4, -0.2) is 46.1 Å². The number of rotatable bonds is 7. The largest absolute Gasteiger partial charge is 0.450 e. The number of ether oxygens (including phenoxy) is 1. The molecule has 25 heavy (non-hydrogen) atoms. The van der Waals surface area contributed by atoms with Crippen molar-refractivity contribution in [3.05, 3.63) is 11.6 Å². The first-order valence-corrected chi connectivity index (χ1v) is 11.6. The van der Waals surface area contributed by atoms with Crippen LogP contribution in [-0.2, 0) is 9.53 Å². The number of unbranched alkanes of at least 4 members (excludes halogenated alkanes) is 4. The predicted octanol–water partition coefficient (Wildman–Crippen LogP) is 4.70. The van der Waals surface area contributed by atoms with Crippen LogP contribution >= 0.6 is 11.8 Å². The van der Waals surface area contributed by atoms with Crippen LogP contribution in [0.15, 0.2) is 11.6 Å². The molecule has 140 valence electrons. The van der Waals surface area contributed by atoms with Crippen molar-refractivity contribution < 1.29 is 9.53 Å². The van der Waals surface area contributed by atoms with E-state index in [9.17, 15) is 4.79 Å². The maximum atomic E-state index is 12.1. The molecule has 0 aromatic carbocycles. The summed E-state index contributed by atoms with van der Waals surface area (Å²) >= 11 is 2.18. The van der Waals surface area contributed by atoms with Crippen molar-refractivity contribution >= 4 is 17.7 Å². The highest BCUT2D eigenvalue weighted by Gasteiger charge is 2.59. The van der Waals surface area contributed by atoms with Crippen LogP contribution in [0.25, 0.3) is 0 Å². The highest BCUT2D eigenvalue weighted by molar-refractivity contribution is 7.99. The first-order chi connectivity index (χ1) is 12.2. The minimum Gasteiger partial charge on any atom is -0.450 e. The Kier molecular flexibility index (Phi) is 5.47. The molecular formula is C21H33NO2S. The predicted molar refractivity (Wildman–Crippen MR) is 104 cm³/mol. The molecule has 1 spiro atoms. The molecule has 2 bridgehead atoms. The molecule has 4 heteroatoms. The molecule has 1 unspecified atom stereocenters. The Balaban J connectivity index is 1.46. The molecule has 4 heterocycles. The van der Waals surface area contributed by atoms with Crippen molar-refractivity contribution in [2.75, 3.05) is 12.3 Å². The van der Waals surface area contributed by atoms with E-state index in [-0.39, 0.29) is 11.6 Å². The number of thioether (sulfide) groups is 1. The van der Waals surface area contributed by atoms with Crippen LogP contribution in [0.1, 0.15) is 77.6 Å². The third-order valence-corrected chi connectivity index (χ3v) is 8.30. The van der Waals surface area contributed by atoms with Crippen LogP contribution in [0.4, 0.5) is 0 Å². The number of carbonyl (C=O) groups is 1. The average Bonchev–Trinajstić information content (AvgIpc) is 2.80. The number of piperidine rings is 2. The van der Waals surface area contributed by atoms with Crippen LogP contribution < -0.4 is 0 Å². The van der Waals surface area contributed by atoms with Crippen molar-refractivity contribution in [3.63, 3.8) is 0 Å². The summed E-state index contributed by atoms with van der Waals surface area (Å²) in [4.78, 5) is 14.9. The van der Waals surface area contributed by atoms with Crippen molar-refractivity contribution in [3.8, 4) is 0 Å². The molecule has 0 aromatic heterocycles. The Labute approximate surface area is 156 Å². The van der Waals surface area contributed by atoms with Crippen molar-refractivity contribution in [1.29, 1.82) is 0 Å². The Hall–Kier alpha value is -0.480. The van der Waals surface area contributed by atoms with E-state index in [1.165, 1.54) is 75.7 Å². The lowest BCUT2D eigenvalue weighted by molar-refractivity contribution is -0.160. The van der Waals surface area contributed by atoms with Gasteiger partial charge in [0.1, 0.15) is 5.60 Å². The van der Waals surface area contributed by atoms with Gasteiger partial charge >= 0.3 is 5.97 Å². The Morgan fingerprint density at radius 2 is 2.12 bits per heavy atom. The second-order valence-electron chi connectivity index (χ2n) is 8.36. The molecule has 5 rings (SSSR count). The molecule has 5 aliphatic rings. The molecule has 0 amide bonds. The van der Waals surface area contributed by atoms with Gasteiger partial charge in [-0.2, -0.15) is 11.8 Å². The van der Waals surface area contributed by atoms with Crippen molar-refractivity contribution in [2.24, 2.45) is 0 Å². The summed E-state index contributed by atoms with van der Waals surface area (Å²) < 4.78 is 6.03. The zero-order chi connectivity index (χ0) is 17.3. The van der Waals surface area contributed by atoms with Gasteiger partial charge in [-0.25, -0.2) is 4.79 Å². The molecule has 4 atom stereocenters. The molecule has 0 N–H and O–H groups in total. The zero-order valence-electron chi connectivity index (χ0n) is 15.7. The van der Waals surface area contributed by atoms with Gasteiger partial charge in [-0.1, -0.05) is 39.0 Å². The monoisotopic (exact) mass is 363 g/mol. The first kappa shape index (κ1) is 17.9. The van der Waals surface area contributed by atoms with Gasteiger partial charge in [0.2, 0.25) is 0 Å². The SMILES string of the molecule is CCCCCCCSC1CC2=CC(=O)O[C@@]23CC[C@@H]1N1CCCC[C@@H]13. The fourth-order valence-electron chi connectivity index (χ4n) is 5.67. The topological polar surface area (TPSA) is 29.5 Å². The minimum atomic E-state index is -0.259. The van der Waals surface area contributed by atoms with Crippen LogP contribution in [0.5, 0.6) is 0 Å². The second kappa shape index (κ2) is 7.64.